The summed E-state index contributed by atoms with van der Waals surface area (Å²) >= 11 is 0. The fourth-order valence-electron chi connectivity index (χ4n) is 7.31. The highest BCUT2D eigenvalue weighted by atomic mass is 19.1. The molecule has 2 N–H and O–H groups in total. The van der Waals surface area contributed by atoms with Crippen molar-refractivity contribution in [3.63, 3.8) is 0 Å². The molecule has 2 aromatic carbocycles. The summed E-state index contributed by atoms with van der Waals surface area (Å²) in [6, 6.07) is 15.1. The summed E-state index contributed by atoms with van der Waals surface area (Å²) in [6.07, 6.45) is 5.33. The molecule has 2 aromatic heterocycles. The zero-order chi connectivity index (χ0) is 29.0. The molecule has 7 nitrogen and oxygen atoms in total. The minimum atomic E-state index is -0.355. The molecule has 1 unspecified atom stereocenters. The summed E-state index contributed by atoms with van der Waals surface area (Å²) in [5.41, 5.74) is 15.4. The fourth-order valence-corrected chi connectivity index (χ4v) is 7.31. The van der Waals surface area contributed by atoms with Crippen LogP contribution in [0.3, 0.4) is 0 Å². The molecule has 0 radical (unpaired) electrons. The molecule has 1 aliphatic carbocycles. The molecule has 216 valence electrons. The lowest BCUT2D eigenvalue weighted by Crippen LogP contribution is -2.60. The second kappa shape index (κ2) is 10.5. The number of anilines is 1. The lowest BCUT2D eigenvalue weighted by Gasteiger charge is -2.54. The number of likely N-dealkylation sites (tertiary alicyclic amines) is 1. The highest BCUT2D eigenvalue weighted by Crippen LogP contribution is 2.44. The Labute approximate surface area is 246 Å². The van der Waals surface area contributed by atoms with Gasteiger partial charge in [0.1, 0.15) is 23.9 Å². The number of aromatic nitrogens is 3. The van der Waals surface area contributed by atoms with E-state index in [1.165, 1.54) is 40.5 Å². The molecule has 0 bridgehead atoms. The molecular formula is C34H38FN7. The normalized spacial score (nSPS) is 20.3. The van der Waals surface area contributed by atoms with Crippen LogP contribution in [-0.2, 0) is 19.5 Å². The molecule has 3 aliphatic rings. The minimum Gasteiger partial charge on any atom is -0.355 e. The number of rotatable bonds is 7. The van der Waals surface area contributed by atoms with E-state index in [4.69, 9.17) is 5.73 Å². The second-order valence-corrected chi connectivity index (χ2v) is 12.7. The van der Waals surface area contributed by atoms with Gasteiger partial charge in [-0.1, -0.05) is 17.7 Å². The van der Waals surface area contributed by atoms with Gasteiger partial charge < -0.3 is 15.2 Å². The van der Waals surface area contributed by atoms with Gasteiger partial charge in [-0.05, 0) is 92.7 Å². The Bertz CT molecular complexity index is 1750. The van der Waals surface area contributed by atoms with Gasteiger partial charge in [0.15, 0.2) is 0 Å². The predicted octanol–water partition coefficient (Wildman–Crippen LogP) is 5.43. The maximum absolute atomic E-state index is 13.0. The van der Waals surface area contributed by atoms with Crippen LogP contribution in [0.4, 0.5) is 10.2 Å². The Morgan fingerprint density at radius 1 is 1.05 bits per heavy atom. The maximum atomic E-state index is 13.0. The Balaban J connectivity index is 1.02. The van der Waals surface area contributed by atoms with E-state index in [-0.39, 0.29) is 12.7 Å². The lowest BCUT2D eigenvalue weighted by atomic mass is 9.72. The van der Waals surface area contributed by atoms with E-state index in [2.05, 4.69) is 68.5 Å². The number of aryl methyl sites for hydroxylation is 2. The number of piperidine rings is 1. The highest BCUT2D eigenvalue weighted by Gasteiger charge is 2.45. The van der Waals surface area contributed by atoms with E-state index in [1.54, 1.807) is 6.33 Å². The van der Waals surface area contributed by atoms with Gasteiger partial charge in [0, 0.05) is 60.3 Å². The molecule has 8 heteroatoms. The summed E-state index contributed by atoms with van der Waals surface area (Å²) in [6.45, 7) is 9.81. The molecular weight excluding hydrogens is 525 g/mol. The van der Waals surface area contributed by atoms with E-state index >= 15 is 0 Å². The third-order valence-corrected chi connectivity index (χ3v) is 10.2. The van der Waals surface area contributed by atoms with Crippen molar-refractivity contribution in [2.24, 2.45) is 11.1 Å². The van der Waals surface area contributed by atoms with E-state index < -0.39 is 0 Å². The van der Waals surface area contributed by atoms with Crippen molar-refractivity contribution in [3.8, 4) is 6.07 Å². The lowest BCUT2D eigenvalue weighted by molar-refractivity contribution is 0.0720. The predicted molar refractivity (Wildman–Crippen MR) is 165 cm³/mol. The summed E-state index contributed by atoms with van der Waals surface area (Å²) < 4.78 is 15.1. The van der Waals surface area contributed by atoms with Gasteiger partial charge in [0.25, 0.3) is 0 Å². The van der Waals surface area contributed by atoms with Crippen LogP contribution in [-0.4, -0.2) is 58.3 Å². The van der Waals surface area contributed by atoms with Crippen molar-refractivity contribution < 1.29 is 4.39 Å². The topological polar surface area (TPSA) is 87.0 Å². The zero-order valence-corrected chi connectivity index (χ0v) is 24.5. The zero-order valence-electron chi connectivity index (χ0n) is 24.5. The molecule has 4 heterocycles. The van der Waals surface area contributed by atoms with Crippen molar-refractivity contribution in [1.82, 2.24) is 19.4 Å². The molecule has 7 rings (SSSR count). The highest BCUT2D eigenvalue weighted by molar-refractivity contribution is 5.90. The van der Waals surface area contributed by atoms with Crippen LogP contribution in [0.2, 0.25) is 0 Å². The van der Waals surface area contributed by atoms with Crippen LogP contribution < -0.4 is 10.6 Å². The number of nitrogens with zero attached hydrogens (tertiary/aromatic N) is 6. The maximum Gasteiger partial charge on any atom is 0.139 e. The van der Waals surface area contributed by atoms with E-state index in [0.29, 0.717) is 11.8 Å². The number of hydrogen-bond acceptors (Lipinski definition) is 6. The Kier molecular flexibility index (Phi) is 6.75. The van der Waals surface area contributed by atoms with Crippen LogP contribution >= 0.6 is 0 Å². The summed E-state index contributed by atoms with van der Waals surface area (Å²) in [7, 11) is 0. The van der Waals surface area contributed by atoms with E-state index in [9.17, 15) is 9.65 Å². The molecule has 2 saturated heterocycles. The van der Waals surface area contributed by atoms with Crippen molar-refractivity contribution >= 4 is 27.6 Å². The monoisotopic (exact) mass is 563 g/mol. The first-order valence-corrected chi connectivity index (χ1v) is 15.1. The first-order valence-electron chi connectivity index (χ1n) is 15.1. The van der Waals surface area contributed by atoms with Crippen LogP contribution in [0.5, 0.6) is 0 Å². The Morgan fingerprint density at radius 3 is 2.57 bits per heavy atom. The summed E-state index contributed by atoms with van der Waals surface area (Å²) in [5, 5.41) is 12.1. The Hall–Kier alpha value is -3.80. The van der Waals surface area contributed by atoms with Crippen molar-refractivity contribution in [3.05, 3.63) is 76.3 Å². The third-order valence-electron chi connectivity index (χ3n) is 10.2. The molecule has 4 aromatic rings. The number of alkyl halides is 1. The molecule has 42 heavy (non-hydrogen) atoms. The second-order valence-electron chi connectivity index (χ2n) is 12.7. The smallest absolute Gasteiger partial charge is 0.139 e. The number of halogens is 1. The van der Waals surface area contributed by atoms with Gasteiger partial charge >= 0.3 is 0 Å². The van der Waals surface area contributed by atoms with E-state index in [1.807, 2.05) is 12.1 Å². The summed E-state index contributed by atoms with van der Waals surface area (Å²) in [4.78, 5) is 14.0. The quantitative estimate of drug-likeness (QED) is 0.302. The average molecular weight is 564 g/mol. The third kappa shape index (κ3) is 4.56. The van der Waals surface area contributed by atoms with Gasteiger partial charge in [0.05, 0.1) is 12.2 Å². The molecule has 0 saturated carbocycles. The van der Waals surface area contributed by atoms with Gasteiger partial charge in [-0.3, -0.25) is 9.29 Å². The van der Waals surface area contributed by atoms with Gasteiger partial charge in [-0.15, -0.1) is 0 Å². The molecule has 1 spiro atoms. The molecule has 0 amide bonds. The fraction of sp³-hybridized carbons (Fsp3) is 0.441. The SMILES string of the molecule is CC1=C(Cn2c(C#N)cc3c(C)c(CN4CCC5(CC4)CN(c4ncnc6ccc(CCF)cc46)C5)ccc32)CC1N. The Morgan fingerprint density at radius 2 is 1.86 bits per heavy atom. The van der Waals surface area contributed by atoms with Crippen LogP contribution in [0.15, 0.2) is 53.9 Å². The van der Waals surface area contributed by atoms with Crippen LogP contribution in [0, 0.1) is 23.7 Å². The first-order chi connectivity index (χ1) is 20.4. The molecule has 1 atom stereocenters. The number of nitriles is 1. The number of fused-ring (bicyclic) bond motifs is 2. The molecule has 2 aliphatic heterocycles. The standard InChI is InChI=1S/C34H38FN7/c1-22-25(4-6-32-28(22)15-27(16-36)42(32)18-26-14-30(37)23(26)2)17-40-11-8-34(9-12-40)19-41(20-34)33-29-13-24(7-10-35)3-5-31(29)38-21-39-33/h3-6,13,15,21,30H,7-12,14,17-20,37H2,1-2H3. The van der Waals surface area contributed by atoms with Crippen molar-refractivity contribution in [2.75, 3.05) is 37.8 Å². The van der Waals surface area contributed by atoms with Crippen LogP contribution in [0.1, 0.15) is 48.6 Å². The van der Waals surface area contributed by atoms with Gasteiger partial charge in [0.2, 0.25) is 0 Å². The van der Waals surface area contributed by atoms with Crippen molar-refractivity contribution in [2.45, 2.75) is 58.7 Å². The van der Waals surface area contributed by atoms with Gasteiger partial charge in [-0.25, -0.2) is 9.97 Å². The van der Waals surface area contributed by atoms with Crippen LogP contribution in [0.25, 0.3) is 21.8 Å². The first kappa shape index (κ1) is 27.1. The van der Waals surface area contributed by atoms with E-state index in [0.717, 1.165) is 79.2 Å². The van der Waals surface area contributed by atoms with Crippen molar-refractivity contribution in [1.29, 1.82) is 5.26 Å². The number of benzene rings is 2. The number of hydrogen-bond donors (Lipinski definition) is 1. The average Bonchev–Trinajstić information content (AvgIpc) is 3.35. The minimum absolute atomic E-state index is 0.168. The number of nitrogens with two attached hydrogens (primary N) is 1. The molecule has 2 fully saturated rings. The largest absolute Gasteiger partial charge is 0.355 e. The van der Waals surface area contributed by atoms with Gasteiger partial charge in [-0.2, -0.15) is 5.26 Å². The summed E-state index contributed by atoms with van der Waals surface area (Å²) in [5.74, 6) is 0.980.